The van der Waals surface area contributed by atoms with Crippen LogP contribution in [0.1, 0.15) is 24.8 Å². The van der Waals surface area contributed by atoms with Crippen LogP contribution in [0.5, 0.6) is 0 Å². The molecule has 0 saturated carbocycles. The molecule has 0 aromatic heterocycles. The molecule has 0 aliphatic heterocycles. The van der Waals surface area contributed by atoms with Crippen LogP contribution < -0.4 is 10.5 Å². The van der Waals surface area contributed by atoms with Crippen LogP contribution in [0, 0.1) is 5.82 Å². The number of ether oxygens (including phenoxy) is 1. The highest BCUT2D eigenvalue weighted by molar-refractivity contribution is 7.89. The van der Waals surface area contributed by atoms with Crippen molar-refractivity contribution in [1.29, 1.82) is 0 Å². The third kappa shape index (κ3) is 5.16. The zero-order valence-electron chi connectivity index (χ0n) is 11.6. The minimum Gasteiger partial charge on any atom is -0.385 e. The maximum atomic E-state index is 13.7. The summed E-state index contributed by atoms with van der Waals surface area (Å²) in [6, 6.07) is 3.90. The second kappa shape index (κ2) is 8.31. The molecule has 0 bridgehead atoms. The zero-order chi connectivity index (χ0) is 15.0. The van der Waals surface area contributed by atoms with Gasteiger partial charge in [-0.15, -0.1) is 0 Å². The van der Waals surface area contributed by atoms with Crippen molar-refractivity contribution in [3.8, 4) is 0 Å². The summed E-state index contributed by atoms with van der Waals surface area (Å²) in [5.74, 6) is -0.778. The Hall–Kier alpha value is -1.02. The van der Waals surface area contributed by atoms with Crippen LogP contribution in [0.15, 0.2) is 23.1 Å². The van der Waals surface area contributed by atoms with Gasteiger partial charge in [0.1, 0.15) is 10.7 Å². The Morgan fingerprint density at radius 3 is 2.65 bits per heavy atom. The second-order valence-corrected chi connectivity index (χ2v) is 6.16. The van der Waals surface area contributed by atoms with Gasteiger partial charge >= 0.3 is 0 Å². The maximum Gasteiger partial charge on any atom is 0.243 e. The van der Waals surface area contributed by atoms with Crippen LogP contribution in [0.3, 0.4) is 0 Å². The van der Waals surface area contributed by atoms with Gasteiger partial charge < -0.3 is 10.5 Å². The van der Waals surface area contributed by atoms with E-state index in [4.69, 9.17) is 10.5 Å². The van der Waals surface area contributed by atoms with E-state index in [9.17, 15) is 12.8 Å². The highest BCUT2D eigenvalue weighted by Crippen LogP contribution is 2.15. The molecule has 7 heteroatoms. The van der Waals surface area contributed by atoms with Crippen molar-refractivity contribution in [2.75, 3.05) is 20.3 Å². The Morgan fingerprint density at radius 2 is 2.05 bits per heavy atom. The quantitative estimate of drug-likeness (QED) is 0.675. The minimum absolute atomic E-state index is 0.171. The van der Waals surface area contributed by atoms with Crippen molar-refractivity contribution in [1.82, 2.24) is 4.72 Å². The lowest BCUT2D eigenvalue weighted by atomic mass is 10.2. The number of hydrogen-bond acceptors (Lipinski definition) is 4. The molecule has 0 saturated heterocycles. The van der Waals surface area contributed by atoms with E-state index in [0.717, 1.165) is 18.9 Å². The van der Waals surface area contributed by atoms with Crippen LogP contribution in [-0.2, 0) is 21.3 Å². The summed E-state index contributed by atoms with van der Waals surface area (Å²) in [6.07, 6.45) is 2.41. The van der Waals surface area contributed by atoms with E-state index < -0.39 is 15.8 Å². The average molecular weight is 304 g/mol. The lowest BCUT2D eigenvalue weighted by Crippen LogP contribution is -2.25. The fourth-order valence-corrected chi connectivity index (χ4v) is 2.85. The smallest absolute Gasteiger partial charge is 0.243 e. The van der Waals surface area contributed by atoms with Crippen molar-refractivity contribution in [3.63, 3.8) is 0 Å². The van der Waals surface area contributed by atoms with Gasteiger partial charge in [0, 0.05) is 26.8 Å². The molecule has 0 radical (unpaired) electrons. The van der Waals surface area contributed by atoms with Crippen molar-refractivity contribution in [2.45, 2.75) is 30.7 Å². The number of benzene rings is 1. The monoisotopic (exact) mass is 304 g/mol. The van der Waals surface area contributed by atoms with Crippen LogP contribution in [0.2, 0.25) is 0 Å². The molecule has 0 aliphatic carbocycles. The lowest BCUT2D eigenvalue weighted by molar-refractivity contribution is 0.192. The van der Waals surface area contributed by atoms with Gasteiger partial charge in [0.2, 0.25) is 10.0 Å². The van der Waals surface area contributed by atoms with E-state index in [1.54, 1.807) is 7.11 Å². The number of methoxy groups -OCH3 is 1. The predicted molar refractivity (Wildman–Crippen MR) is 75.2 cm³/mol. The number of nitrogens with two attached hydrogens (primary N) is 1. The molecule has 0 spiro atoms. The topological polar surface area (TPSA) is 81.4 Å². The fourth-order valence-electron chi connectivity index (χ4n) is 1.72. The molecule has 5 nitrogen and oxygen atoms in total. The van der Waals surface area contributed by atoms with Crippen LogP contribution in [0.25, 0.3) is 0 Å². The second-order valence-electron chi connectivity index (χ2n) is 4.42. The van der Waals surface area contributed by atoms with Gasteiger partial charge in [-0.05, 0) is 37.0 Å². The summed E-state index contributed by atoms with van der Waals surface area (Å²) in [5, 5.41) is 0. The molecule has 0 unspecified atom stereocenters. The van der Waals surface area contributed by atoms with Crippen molar-refractivity contribution in [2.24, 2.45) is 5.73 Å². The normalized spacial score (nSPS) is 11.8. The van der Waals surface area contributed by atoms with Gasteiger partial charge in [-0.2, -0.15) is 0 Å². The molecule has 3 N–H and O–H groups in total. The van der Waals surface area contributed by atoms with E-state index in [1.807, 2.05) is 0 Å². The molecular formula is C13H21FN2O3S. The van der Waals surface area contributed by atoms with Crippen LogP contribution in [-0.4, -0.2) is 28.7 Å². The fraction of sp³-hybridized carbons (Fsp3) is 0.538. The van der Waals surface area contributed by atoms with Crippen LogP contribution >= 0.6 is 0 Å². The molecule has 1 rings (SSSR count). The van der Waals surface area contributed by atoms with E-state index in [0.29, 0.717) is 18.6 Å². The first-order valence-electron chi connectivity index (χ1n) is 6.48. The summed E-state index contributed by atoms with van der Waals surface area (Å²) in [7, 11) is -2.18. The first kappa shape index (κ1) is 17.0. The molecule has 0 atom stereocenters. The molecule has 0 amide bonds. The van der Waals surface area contributed by atoms with Gasteiger partial charge in [-0.3, -0.25) is 0 Å². The summed E-state index contributed by atoms with van der Waals surface area (Å²) < 4.78 is 44.9. The summed E-state index contributed by atoms with van der Waals surface area (Å²) in [5.41, 5.74) is 5.93. The number of unbranched alkanes of at least 4 members (excludes halogenated alkanes) is 2. The maximum absolute atomic E-state index is 13.7. The number of nitrogens with one attached hydrogen (secondary N) is 1. The first-order chi connectivity index (χ1) is 9.51. The minimum atomic E-state index is -3.81. The Bertz CT molecular complexity index is 520. The third-order valence-corrected chi connectivity index (χ3v) is 4.33. The Labute approximate surface area is 119 Å². The van der Waals surface area contributed by atoms with Crippen molar-refractivity contribution in [3.05, 3.63) is 29.6 Å². The average Bonchev–Trinajstić information content (AvgIpc) is 2.42. The third-order valence-electron chi connectivity index (χ3n) is 2.84. The molecule has 20 heavy (non-hydrogen) atoms. The van der Waals surface area contributed by atoms with Crippen molar-refractivity contribution >= 4 is 10.0 Å². The molecule has 0 heterocycles. The standard InChI is InChI=1S/C13H21FN2O3S/c1-19-8-4-2-3-7-16-20(17,18)13-6-5-11(10-15)9-12(13)14/h5-6,9,16H,2-4,7-8,10,15H2,1H3. The SMILES string of the molecule is COCCCCCNS(=O)(=O)c1ccc(CN)cc1F. The number of rotatable bonds is 9. The van der Waals surface area contributed by atoms with Gasteiger partial charge in [0.25, 0.3) is 0 Å². The number of sulfonamides is 1. The number of hydrogen-bond donors (Lipinski definition) is 2. The van der Waals surface area contributed by atoms with E-state index in [2.05, 4.69) is 4.72 Å². The largest absolute Gasteiger partial charge is 0.385 e. The molecule has 114 valence electrons. The Kier molecular flexibility index (Phi) is 7.08. The van der Waals surface area contributed by atoms with E-state index >= 15 is 0 Å². The lowest BCUT2D eigenvalue weighted by Gasteiger charge is -2.08. The molecule has 0 aliphatic rings. The van der Waals surface area contributed by atoms with Crippen molar-refractivity contribution < 1.29 is 17.5 Å². The Morgan fingerprint density at radius 1 is 1.30 bits per heavy atom. The summed E-state index contributed by atoms with van der Waals surface area (Å²) >= 11 is 0. The highest BCUT2D eigenvalue weighted by atomic mass is 32.2. The van der Waals surface area contributed by atoms with Gasteiger partial charge in [0.05, 0.1) is 0 Å². The summed E-state index contributed by atoms with van der Waals surface area (Å²) in [4.78, 5) is -0.341. The number of halogens is 1. The summed E-state index contributed by atoms with van der Waals surface area (Å²) in [6.45, 7) is 1.11. The Balaban J connectivity index is 2.56. The zero-order valence-corrected chi connectivity index (χ0v) is 12.4. The van der Waals surface area contributed by atoms with E-state index in [-0.39, 0.29) is 18.0 Å². The first-order valence-corrected chi connectivity index (χ1v) is 7.96. The predicted octanol–water partition coefficient (Wildman–Crippen LogP) is 1.38. The van der Waals surface area contributed by atoms with Gasteiger partial charge in [0.15, 0.2) is 0 Å². The van der Waals surface area contributed by atoms with Crippen LogP contribution in [0.4, 0.5) is 4.39 Å². The van der Waals surface area contributed by atoms with E-state index in [1.165, 1.54) is 12.1 Å². The highest BCUT2D eigenvalue weighted by Gasteiger charge is 2.18. The van der Waals surface area contributed by atoms with Gasteiger partial charge in [-0.25, -0.2) is 17.5 Å². The molecule has 1 aromatic rings. The molecule has 1 aromatic carbocycles. The van der Waals surface area contributed by atoms with Gasteiger partial charge in [-0.1, -0.05) is 6.07 Å². The molecule has 0 fully saturated rings. The molecular weight excluding hydrogens is 283 g/mol.